The molecule has 0 bridgehead atoms. The van der Waals surface area contributed by atoms with Crippen LogP contribution in [0, 0.1) is 0 Å². The van der Waals surface area contributed by atoms with Gasteiger partial charge in [-0.05, 0) is 18.6 Å². The predicted molar refractivity (Wildman–Crippen MR) is 63.1 cm³/mol. The number of nitrogens with two attached hydrogens (primary N) is 1. The topological polar surface area (TPSA) is 67.5 Å². The number of aliphatic hydroxyl groups is 1. The molecule has 1 aliphatic rings. The minimum atomic E-state index is -1.18. The fraction of sp³-hybridized carbons (Fsp3) is 0.500. The van der Waals surface area contributed by atoms with Gasteiger partial charge in [0.25, 0.3) is 5.85 Å². The molecule has 1 aromatic carbocycles. The van der Waals surface area contributed by atoms with E-state index >= 15 is 0 Å². The lowest BCUT2D eigenvalue weighted by Crippen LogP contribution is -2.59. The minimum absolute atomic E-state index is 0.633. The number of nitrogens with one attached hydrogen (secondary N) is 1. The molecular weight excluding hydrogens is 204 g/mol. The molecule has 4 N–H and O–H groups in total. The zero-order valence-corrected chi connectivity index (χ0v) is 9.44. The SMILES string of the molecule is CCCC[C@H](O)C1(N)Nc2ccccc2O1. The third kappa shape index (κ3) is 1.99. The number of para-hydroxylation sites is 2. The summed E-state index contributed by atoms with van der Waals surface area (Å²) in [5, 5.41) is 13.0. The summed E-state index contributed by atoms with van der Waals surface area (Å²) in [5.74, 6) is -0.487. The van der Waals surface area contributed by atoms with Crippen LogP contribution in [0.5, 0.6) is 5.75 Å². The smallest absolute Gasteiger partial charge is 0.262 e. The third-order valence-electron chi connectivity index (χ3n) is 2.82. The van der Waals surface area contributed by atoms with Crippen molar-refractivity contribution in [1.82, 2.24) is 0 Å². The molecule has 16 heavy (non-hydrogen) atoms. The Labute approximate surface area is 95.4 Å². The Bertz CT molecular complexity index is 343. The summed E-state index contributed by atoms with van der Waals surface area (Å²) in [7, 11) is 0. The zero-order chi connectivity index (χ0) is 11.6. The molecule has 0 saturated heterocycles. The summed E-state index contributed by atoms with van der Waals surface area (Å²) < 4.78 is 5.57. The maximum absolute atomic E-state index is 10.00. The monoisotopic (exact) mass is 222 g/mol. The molecule has 0 spiro atoms. The van der Waals surface area contributed by atoms with Gasteiger partial charge in [-0.3, -0.25) is 5.73 Å². The second kappa shape index (κ2) is 4.31. The van der Waals surface area contributed by atoms with Crippen molar-refractivity contribution in [2.45, 2.75) is 38.1 Å². The van der Waals surface area contributed by atoms with E-state index in [0.29, 0.717) is 12.2 Å². The average molecular weight is 222 g/mol. The molecular formula is C12H18N2O2. The Hall–Kier alpha value is -1.26. The number of aliphatic hydroxyl groups excluding tert-OH is 1. The molecule has 1 aliphatic heterocycles. The van der Waals surface area contributed by atoms with Gasteiger partial charge in [0.1, 0.15) is 11.9 Å². The van der Waals surface area contributed by atoms with Crippen LogP contribution in [-0.2, 0) is 0 Å². The molecule has 1 heterocycles. The fourth-order valence-electron chi connectivity index (χ4n) is 1.84. The lowest BCUT2D eigenvalue weighted by molar-refractivity contribution is -0.0248. The second-order valence-corrected chi connectivity index (χ2v) is 4.17. The first-order valence-electron chi connectivity index (χ1n) is 5.69. The van der Waals surface area contributed by atoms with Gasteiger partial charge in [-0.15, -0.1) is 0 Å². The van der Waals surface area contributed by atoms with Crippen LogP contribution in [0.1, 0.15) is 26.2 Å². The third-order valence-corrected chi connectivity index (χ3v) is 2.82. The lowest BCUT2D eigenvalue weighted by atomic mass is 10.1. The van der Waals surface area contributed by atoms with Crippen molar-refractivity contribution in [2.75, 3.05) is 5.32 Å². The van der Waals surface area contributed by atoms with Crippen LogP contribution >= 0.6 is 0 Å². The number of ether oxygens (including phenoxy) is 1. The van der Waals surface area contributed by atoms with Crippen molar-refractivity contribution >= 4 is 5.69 Å². The van der Waals surface area contributed by atoms with E-state index < -0.39 is 12.0 Å². The molecule has 1 aromatic rings. The van der Waals surface area contributed by atoms with Gasteiger partial charge in [0, 0.05) is 0 Å². The fourth-order valence-corrected chi connectivity index (χ4v) is 1.84. The molecule has 88 valence electrons. The highest BCUT2D eigenvalue weighted by molar-refractivity contribution is 5.61. The molecule has 4 heteroatoms. The zero-order valence-electron chi connectivity index (χ0n) is 9.44. The van der Waals surface area contributed by atoms with Crippen LogP contribution in [-0.4, -0.2) is 17.1 Å². The molecule has 0 aromatic heterocycles. The van der Waals surface area contributed by atoms with Crippen LogP contribution in [0.4, 0.5) is 5.69 Å². The van der Waals surface area contributed by atoms with Crippen LogP contribution in [0.3, 0.4) is 0 Å². The summed E-state index contributed by atoms with van der Waals surface area (Å²) in [6, 6.07) is 7.50. The van der Waals surface area contributed by atoms with Gasteiger partial charge in [0.2, 0.25) is 0 Å². The number of unbranched alkanes of at least 4 members (excludes halogenated alkanes) is 1. The lowest BCUT2D eigenvalue weighted by Gasteiger charge is -2.29. The highest BCUT2D eigenvalue weighted by Crippen LogP contribution is 2.36. The summed E-state index contributed by atoms with van der Waals surface area (Å²) in [6.07, 6.45) is 1.88. The average Bonchev–Trinajstić information content (AvgIpc) is 2.63. The van der Waals surface area contributed by atoms with Gasteiger partial charge in [0.05, 0.1) is 5.69 Å². The molecule has 0 saturated carbocycles. The Morgan fingerprint density at radius 1 is 1.50 bits per heavy atom. The normalized spacial score (nSPS) is 24.4. The van der Waals surface area contributed by atoms with E-state index in [0.717, 1.165) is 18.5 Å². The maximum atomic E-state index is 10.00. The minimum Gasteiger partial charge on any atom is -0.450 e. The molecule has 0 amide bonds. The van der Waals surface area contributed by atoms with Crippen molar-refractivity contribution in [3.63, 3.8) is 0 Å². The van der Waals surface area contributed by atoms with Gasteiger partial charge in [-0.25, -0.2) is 0 Å². The number of rotatable bonds is 4. The van der Waals surface area contributed by atoms with Crippen molar-refractivity contribution in [1.29, 1.82) is 0 Å². The first-order valence-corrected chi connectivity index (χ1v) is 5.69. The molecule has 0 fully saturated rings. The number of benzene rings is 1. The van der Waals surface area contributed by atoms with E-state index in [1.807, 2.05) is 24.3 Å². The van der Waals surface area contributed by atoms with E-state index in [9.17, 15) is 5.11 Å². The molecule has 1 unspecified atom stereocenters. The van der Waals surface area contributed by atoms with Crippen LogP contribution < -0.4 is 15.8 Å². The van der Waals surface area contributed by atoms with Crippen molar-refractivity contribution < 1.29 is 9.84 Å². The van der Waals surface area contributed by atoms with Gasteiger partial charge in [-0.1, -0.05) is 31.9 Å². The Morgan fingerprint density at radius 3 is 2.94 bits per heavy atom. The van der Waals surface area contributed by atoms with Crippen LogP contribution in [0.15, 0.2) is 24.3 Å². The molecule has 2 rings (SSSR count). The summed E-state index contributed by atoms with van der Waals surface area (Å²) in [6.45, 7) is 2.08. The number of hydrogen-bond acceptors (Lipinski definition) is 4. The van der Waals surface area contributed by atoms with E-state index in [-0.39, 0.29) is 0 Å². The van der Waals surface area contributed by atoms with Gasteiger partial charge in [-0.2, -0.15) is 0 Å². The van der Waals surface area contributed by atoms with E-state index in [1.165, 1.54) is 0 Å². The number of anilines is 1. The van der Waals surface area contributed by atoms with Crippen LogP contribution in [0.2, 0.25) is 0 Å². The summed E-state index contributed by atoms with van der Waals surface area (Å²) >= 11 is 0. The molecule has 4 nitrogen and oxygen atoms in total. The molecule has 0 radical (unpaired) electrons. The predicted octanol–water partition coefficient (Wildman–Crippen LogP) is 1.65. The van der Waals surface area contributed by atoms with E-state index in [1.54, 1.807) is 0 Å². The number of hydrogen-bond donors (Lipinski definition) is 3. The van der Waals surface area contributed by atoms with E-state index in [4.69, 9.17) is 10.5 Å². The van der Waals surface area contributed by atoms with Gasteiger partial charge >= 0.3 is 0 Å². The summed E-state index contributed by atoms with van der Waals surface area (Å²) in [4.78, 5) is 0. The van der Waals surface area contributed by atoms with Gasteiger partial charge in [0.15, 0.2) is 0 Å². The largest absolute Gasteiger partial charge is 0.450 e. The van der Waals surface area contributed by atoms with Crippen LogP contribution in [0.25, 0.3) is 0 Å². The Kier molecular flexibility index (Phi) is 3.03. The Morgan fingerprint density at radius 2 is 2.25 bits per heavy atom. The highest BCUT2D eigenvalue weighted by Gasteiger charge is 2.41. The van der Waals surface area contributed by atoms with Gasteiger partial charge < -0.3 is 15.2 Å². The Balaban J connectivity index is 2.07. The first kappa shape index (κ1) is 11.2. The summed E-state index contributed by atoms with van der Waals surface area (Å²) in [5.41, 5.74) is 6.84. The maximum Gasteiger partial charge on any atom is 0.262 e. The van der Waals surface area contributed by atoms with Crippen molar-refractivity contribution in [2.24, 2.45) is 5.73 Å². The quantitative estimate of drug-likeness (QED) is 0.724. The van der Waals surface area contributed by atoms with Crippen molar-refractivity contribution in [3.05, 3.63) is 24.3 Å². The highest BCUT2D eigenvalue weighted by atomic mass is 16.6. The first-order chi connectivity index (χ1) is 7.65. The number of fused-ring (bicyclic) bond motifs is 1. The molecule has 2 atom stereocenters. The second-order valence-electron chi connectivity index (χ2n) is 4.17. The van der Waals surface area contributed by atoms with E-state index in [2.05, 4.69) is 12.2 Å². The van der Waals surface area contributed by atoms with Crippen molar-refractivity contribution in [3.8, 4) is 5.75 Å². The molecule has 0 aliphatic carbocycles. The standard InChI is InChI=1S/C12H18N2O2/c1-2-3-8-11(15)12(13)14-9-6-4-5-7-10(9)16-12/h4-7,11,14-15H,2-3,8,13H2,1H3/t11-,12?/m0/s1.